The average molecular weight is 231 g/mol. The highest BCUT2D eigenvalue weighted by atomic mass is 19.4. The van der Waals surface area contributed by atoms with Crippen LogP contribution in [0.25, 0.3) is 0 Å². The van der Waals surface area contributed by atoms with Crippen LogP contribution >= 0.6 is 0 Å². The van der Waals surface area contributed by atoms with E-state index in [0.717, 1.165) is 0 Å². The third-order valence-corrected chi connectivity index (χ3v) is 2.82. The zero-order chi connectivity index (χ0) is 11.9. The van der Waals surface area contributed by atoms with E-state index in [0.29, 0.717) is 22.4 Å². The van der Waals surface area contributed by atoms with Gasteiger partial charge < -0.3 is 5.11 Å². The predicted octanol–water partition coefficient (Wildman–Crippen LogP) is 2.45. The van der Waals surface area contributed by atoms with Crippen LogP contribution in [0.4, 0.5) is 18.9 Å². The lowest BCUT2D eigenvalue weighted by atomic mass is 10.1. The first kappa shape index (κ1) is 11.3. The number of alkyl halides is 3. The molecular weight excluding hydrogens is 219 g/mol. The molecule has 0 radical (unpaired) electrons. The summed E-state index contributed by atoms with van der Waals surface area (Å²) in [5.74, 6) is 0. The van der Waals surface area contributed by atoms with Gasteiger partial charge in [0, 0.05) is 11.7 Å². The van der Waals surface area contributed by atoms with Crippen molar-refractivity contribution in [1.29, 1.82) is 0 Å². The lowest BCUT2D eigenvalue weighted by Gasteiger charge is -2.27. The molecule has 0 fully saturated rings. The molecule has 1 aromatic rings. The second kappa shape index (κ2) is 3.66. The molecule has 16 heavy (non-hydrogen) atoms. The molecule has 1 N–H and O–H groups in total. The summed E-state index contributed by atoms with van der Waals surface area (Å²) in [7, 11) is 0. The van der Waals surface area contributed by atoms with Crippen LogP contribution in [-0.2, 0) is 13.0 Å². The third kappa shape index (κ3) is 1.75. The monoisotopic (exact) mass is 231 g/mol. The van der Waals surface area contributed by atoms with Gasteiger partial charge in [-0.25, -0.2) is 0 Å². The fourth-order valence-corrected chi connectivity index (χ4v) is 2.17. The van der Waals surface area contributed by atoms with E-state index in [1.807, 2.05) is 0 Å². The molecule has 2 nitrogen and oxygen atoms in total. The summed E-state index contributed by atoms with van der Waals surface area (Å²) in [5.41, 5.74) is 1.50. The van der Waals surface area contributed by atoms with Gasteiger partial charge in [-0.05, 0) is 30.5 Å². The SMILES string of the molecule is CC1Cc2cc(CO)ccc2N1C(F)(F)F. The van der Waals surface area contributed by atoms with Crippen molar-refractivity contribution >= 4 is 5.69 Å². The zero-order valence-electron chi connectivity index (χ0n) is 8.75. The summed E-state index contributed by atoms with van der Waals surface area (Å²) < 4.78 is 38.2. The molecule has 88 valence electrons. The van der Waals surface area contributed by atoms with Gasteiger partial charge >= 0.3 is 6.30 Å². The minimum atomic E-state index is -4.34. The molecule has 1 aliphatic rings. The summed E-state index contributed by atoms with van der Waals surface area (Å²) in [6.07, 6.45) is -3.98. The van der Waals surface area contributed by atoms with Crippen LogP contribution in [0.1, 0.15) is 18.1 Å². The summed E-state index contributed by atoms with van der Waals surface area (Å²) >= 11 is 0. The predicted molar refractivity (Wildman–Crippen MR) is 54.1 cm³/mol. The number of fused-ring (bicyclic) bond motifs is 1. The Morgan fingerprint density at radius 3 is 2.69 bits per heavy atom. The van der Waals surface area contributed by atoms with Crippen LogP contribution in [0.15, 0.2) is 18.2 Å². The Labute approximate surface area is 91.3 Å². The highest BCUT2D eigenvalue weighted by molar-refractivity contribution is 5.61. The number of nitrogens with zero attached hydrogens (tertiary/aromatic N) is 1. The number of aliphatic hydroxyl groups excluding tert-OH is 1. The Morgan fingerprint density at radius 1 is 1.44 bits per heavy atom. The maximum Gasteiger partial charge on any atom is 0.485 e. The Kier molecular flexibility index (Phi) is 2.58. The maximum atomic E-state index is 12.7. The molecule has 0 aromatic heterocycles. The van der Waals surface area contributed by atoms with Gasteiger partial charge in [0.05, 0.1) is 6.61 Å². The van der Waals surface area contributed by atoms with Crippen LogP contribution in [0, 0.1) is 0 Å². The Balaban J connectivity index is 2.43. The van der Waals surface area contributed by atoms with E-state index < -0.39 is 12.3 Å². The fraction of sp³-hybridized carbons (Fsp3) is 0.455. The van der Waals surface area contributed by atoms with E-state index in [-0.39, 0.29) is 12.3 Å². The first-order chi connectivity index (χ1) is 7.43. The van der Waals surface area contributed by atoms with E-state index in [1.165, 1.54) is 12.1 Å². The van der Waals surface area contributed by atoms with Crippen molar-refractivity contribution in [1.82, 2.24) is 0 Å². The van der Waals surface area contributed by atoms with Crippen LogP contribution in [0.2, 0.25) is 0 Å². The molecule has 1 unspecified atom stereocenters. The van der Waals surface area contributed by atoms with E-state index in [4.69, 9.17) is 5.11 Å². The molecule has 0 saturated carbocycles. The number of benzene rings is 1. The van der Waals surface area contributed by atoms with Crippen molar-refractivity contribution in [3.63, 3.8) is 0 Å². The molecule has 0 saturated heterocycles. The van der Waals surface area contributed by atoms with Gasteiger partial charge in [-0.1, -0.05) is 12.1 Å². The molecule has 0 amide bonds. The second-order valence-corrected chi connectivity index (χ2v) is 4.01. The number of hydrogen-bond acceptors (Lipinski definition) is 2. The number of anilines is 1. The maximum absolute atomic E-state index is 12.7. The van der Waals surface area contributed by atoms with E-state index >= 15 is 0 Å². The van der Waals surface area contributed by atoms with E-state index in [9.17, 15) is 13.2 Å². The summed E-state index contributed by atoms with van der Waals surface area (Å²) in [6, 6.07) is 4.01. The van der Waals surface area contributed by atoms with Crippen LogP contribution in [0.5, 0.6) is 0 Å². The molecular formula is C11H12F3NO. The number of hydrogen-bond donors (Lipinski definition) is 1. The zero-order valence-corrected chi connectivity index (χ0v) is 8.75. The average Bonchev–Trinajstić information content (AvgIpc) is 2.51. The lowest BCUT2D eigenvalue weighted by molar-refractivity contribution is -0.132. The van der Waals surface area contributed by atoms with Gasteiger partial charge in [-0.2, -0.15) is 13.2 Å². The molecule has 0 aliphatic carbocycles. The highest BCUT2D eigenvalue weighted by Gasteiger charge is 2.44. The van der Waals surface area contributed by atoms with Gasteiger partial charge in [0.1, 0.15) is 0 Å². The quantitative estimate of drug-likeness (QED) is 0.750. The van der Waals surface area contributed by atoms with Crippen molar-refractivity contribution in [2.24, 2.45) is 0 Å². The topological polar surface area (TPSA) is 23.5 Å². The molecule has 5 heteroatoms. The molecule has 1 heterocycles. The van der Waals surface area contributed by atoms with Crippen molar-refractivity contribution < 1.29 is 18.3 Å². The normalized spacial score (nSPS) is 20.1. The fourth-order valence-electron chi connectivity index (χ4n) is 2.17. The number of halogens is 3. The standard InChI is InChI=1S/C11H12F3NO/c1-7-4-9-5-8(6-16)2-3-10(9)15(7)11(12,13)14/h2-3,5,7,16H,4,6H2,1H3. The largest absolute Gasteiger partial charge is 0.485 e. The minimum Gasteiger partial charge on any atom is -0.392 e. The van der Waals surface area contributed by atoms with Crippen LogP contribution < -0.4 is 4.90 Å². The van der Waals surface area contributed by atoms with E-state index in [2.05, 4.69) is 0 Å². The van der Waals surface area contributed by atoms with Crippen LogP contribution in [0.3, 0.4) is 0 Å². The van der Waals surface area contributed by atoms with Crippen molar-refractivity contribution in [2.75, 3.05) is 4.90 Å². The molecule has 2 rings (SSSR count). The minimum absolute atomic E-state index is 0.145. The van der Waals surface area contributed by atoms with Gasteiger partial charge in [-0.3, -0.25) is 4.90 Å². The van der Waals surface area contributed by atoms with Crippen molar-refractivity contribution in [2.45, 2.75) is 32.3 Å². The van der Waals surface area contributed by atoms with Crippen molar-refractivity contribution in [3.8, 4) is 0 Å². The molecule has 1 atom stereocenters. The first-order valence-corrected chi connectivity index (χ1v) is 5.02. The number of aliphatic hydroxyl groups is 1. The van der Waals surface area contributed by atoms with Gasteiger partial charge in [0.2, 0.25) is 0 Å². The molecule has 1 aliphatic heterocycles. The molecule has 1 aromatic carbocycles. The van der Waals surface area contributed by atoms with Crippen LogP contribution in [-0.4, -0.2) is 17.4 Å². The first-order valence-electron chi connectivity index (χ1n) is 5.02. The summed E-state index contributed by atoms with van der Waals surface area (Å²) in [6.45, 7) is 1.40. The Hall–Kier alpha value is -1.23. The number of rotatable bonds is 1. The highest BCUT2D eigenvalue weighted by Crippen LogP contribution is 2.39. The Morgan fingerprint density at radius 2 is 2.12 bits per heavy atom. The molecule has 0 spiro atoms. The van der Waals surface area contributed by atoms with E-state index in [1.54, 1.807) is 13.0 Å². The van der Waals surface area contributed by atoms with Crippen molar-refractivity contribution in [3.05, 3.63) is 29.3 Å². The lowest BCUT2D eigenvalue weighted by Crippen LogP contribution is -2.41. The smallest absolute Gasteiger partial charge is 0.392 e. The van der Waals surface area contributed by atoms with Gasteiger partial charge in [0.25, 0.3) is 0 Å². The molecule has 0 bridgehead atoms. The van der Waals surface area contributed by atoms with Gasteiger partial charge in [-0.15, -0.1) is 0 Å². The van der Waals surface area contributed by atoms with Gasteiger partial charge in [0.15, 0.2) is 0 Å². The third-order valence-electron chi connectivity index (χ3n) is 2.82. The second-order valence-electron chi connectivity index (χ2n) is 4.01. The Bertz CT molecular complexity index is 403. The summed E-state index contributed by atoms with van der Waals surface area (Å²) in [5, 5.41) is 8.92. The summed E-state index contributed by atoms with van der Waals surface area (Å²) in [4.78, 5) is 0.476.